The molecule has 31 heavy (non-hydrogen) atoms. The van der Waals surface area contributed by atoms with Gasteiger partial charge in [-0.3, -0.25) is 14.2 Å². The number of nitrogens with zero attached hydrogens (tertiary/aromatic N) is 3. The van der Waals surface area contributed by atoms with Crippen LogP contribution in [0.15, 0.2) is 88.3 Å². The first-order valence-electron chi connectivity index (χ1n) is 10.1. The standard InChI is InChI=1S/C25H26BrN3O2/c1-27(2)15-16-28(19-20-9-4-3-5-10-20)25(31)23(29-14-7-6-13-24(29)30)18-21-11-8-12-22(26)17-21/h3-14,17-18H,15-16,19H2,1-2H3. The smallest absolute Gasteiger partial charge is 0.271 e. The third kappa shape index (κ3) is 6.51. The first kappa shape index (κ1) is 22.7. The van der Waals surface area contributed by atoms with Crippen LogP contribution in [-0.2, 0) is 11.3 Å². The SMILES string of the molecule is CN(C)CCN(Cc1ccccc1)C(=O)C(=Cc1cccc(Br)c1)n1ccccc1=O. The van der Waals surface area contributed by atoms with E-state index in [0.29, 0.717) is 25.3 Å². The van der Waals surface area contributed by atoms with Gasteiger partial charge in [0.25, 0.3) is 11.5 Å². The van der Waals surface area contributed by atoms with E-state index >= 15 is 0 Å². The number of rotatable bonds is 8. The van der Waals surface area contributed by atoms with Crippen LogP contribution in [0.2, 0.25) is 0 Å². The van der Waals surface area contributed by atoms with Crippen molar-refractivity contribution in [3.05, 3.63) is 105 Å². The van der Waals surface area contributed by atoms with E-state index < -0.39 is 0 Å². The lowest BCUT2D eigenvalue weighted by molar-refractivity contribution is -0.126. The summed E-state index contributed by atoms with van der Waals surface area (Å²) in [7, 11) is 3.95. The van der Waals surface area contributed by atoms with Crippen molar-refractivity contribution < 1.29 is 4.79 Å². The van der Waals surface area contributed by atoms with Gasteiger partial charge in [-0.2, -0.15) is 0 Å². The normalized spacial score (nSPS) is 11.5. The van der Waals surface area contributed by atoms with Gasteiger partial charge in [0.2, 0.25) is 0 Å². The molecule has 3 rings (SSSR count). The van der Waals surface area contributed by atoms with Crippen LogP contribution in [0.4, 0.5) is 0 Å². The van der Waals surface area contributed by atoms with Crippen molar-refractivity contribution in [1.82, 2.24) is 14.4 Å². The third-order valence-electron chi connectivity index (χ3n) is 4.77. The van der Waals surface area contributed by atoms with Gasteiger partial charge < -0.3 is 9.80 Å². The molecule has 0 saturated heterocycles. The second-order valence-corrected chi connectivity index (χ2v) is 8.42. The third-order valence-corrected chi connectivity index (χ3v) is 5.27. The molecule has 0 aliphatic carbocycles. The molecule has 0 N–H and O–H groups in total. The molecular weight excluding hydrogens is 454 g/mol. The molecule has 3 aromatic rings. The molecule has 0 spiro atoms. The topological polar surface area (TPSA) is 45.5 Å². The van der Waals surface area contributed by atoms with Crippen LogP contribution in [0.3, 0.4) is 0 Å². The minimum atomic E-state index is -0.246. The number of amides is 1. The molecule has 0 saturated carbocycles. The van der Waals surface area contributed by atoms with Crippen molar-refractivity contribution in [3.8, 4) is 0 Å². The maximum atomic E-state index is 13.8. The monoisotopic (exact) mass is 479 g/mol. The lowest BCUT2D eigenvalue weighted by Gasteiger charge is -2.26. The zero-order chi connectivity index (χ0) is 22.2. The zero-order valence-corrected chi connectivity index (χ0v) is 19.3. The zero-order valence-electron chi connectivity index (χ0n) is 17.7. The Morgan fingerprint density at radius 2 is 1.71 bits per heavy atom. The lowest BCUT2D eigenvalue weighted by Crippen LogP contribution is -2.39. The van der Waals surface area contributed by atoms with Crippen LogP contribution in [-0.4, -0.2) is 47.5 Å². The van der Waals surface area contributed by atoms with Crippen molar-refractivity contribution in [2.45, 2.75) is 6.54 Å². The van der Waals surface area contributed by atoms with E-state index in [2.05, 4.69) is 15.9 Å². The molecule has 0 bridgehead atoms. The van der Waals surface area contributed by atoms with Crippen molar-refractivity contribution in [1.29, 1.82) is 0 Å². The number of pyridine rings is 1. The van der Waals surface area contributed by atoms with Crippen LogP contribution < -0.4 is 5.56 Å². The van der Waals surface area contributed by atoms with Gasteiger partial charge >= 0.3 is 0 Å². The predicted octanol–water partition coefficient (Wildman–Crippen LogP) is 4.20. The van der Waals surface area contributed by atoms with Crippen molar-refractivity contribution in [3.63, 3.8) is 0 Å². The van der Waals surface area contributed by atoms with Gasteiger partial charge in [-0.05, 0) is 49.5 Å². The van der Waals surface area contributed by atoms with Gasteiger partial charge in [0, 0.05) is 36.4 Å². The number of aromatic nitrogens is 1. The van der Waals surface area contributed by atoms with Crippen molar-refractivity contribution in [2.24, 2.45) is 0 Å². The molecule has 160 valence electrons. The summed E-state index contributed by atoms with van der Waals surface area (Å²) in [4.78, 5) is 30.2. The molecule has 0 aliphatic rings. The maximum Gasteiger partial charge on any atom is 0.271 e. The number of carbonyl (C=O) groups is 1. The Morgan fingerprint density at radius 1 is 0.968 bits per heavy atom. The fraction of sp³-hybridized carbons (Fsp3) is 0.200. The Morgan fingerprint density at radius 3 is 2.39 bits per heavy atom. The fourth-order valence-corrected chi connectivity index (χ4v) is 3.57. The highest BCUT2D eigenvalue weighted by molar-refractivity contribution is 9.10. The molecule has 2 aromatic carbocycles. The molecule has 6 heteroatoms. The number of carbonyl (C=O) groups excluding carboxylic acids is 1. The highest BCUT2D eigenvalue weighted by atomic mass is 79.9. The molecule has 0 aliphatic heterocycles. The fourth-order valence-electron chi connectivity index (χ4n) is 3.15. The first-order valence-corrected chi connectivity index (χ1v) is 10.9. The van der Waals surface area contributed by atoms with E-state index in [0.717, 1.165) is 15.6 Å². The van der Waals surface area contributed by atoms with Crippen LogP contribution in [0, 0.1) is 0 Å². The number of hydrogen-bond acceptors (Lipinski definition) is 3. The van der Waals surface area contributed by atoms with Crippen LogP contribution in [0.5, 0.6) is 0 Å². The average molecular weight is 480 g/mol. The quantitative estimate of drug-likeness (QED) is 0.454. The minimum absolute atomic E-state index is 0.195. The number of hydrogen-bond donors (Lipinski definition) is 0. The van der Waals surface area contributed by atoms with Gasteiger partial charge in [0.1, 0.15) is 5.70 Å². The summed E-state index contributed by atoms with van der Waals surface area (Å²) >= 11 is 3.48. The second-order valence-electron chi connectivity index (χ2n) is 7.51. The molecule has 0 unspecified atom stereocenters. The Labute approximate surface area is 191 Å². The van der Waals surface area contributed by atoms with Gasteiger partial charge in [-0.25, -0.2) is 0 Å². The first-order chi connectivity index (χ1) is 14.9. The van der Waals surface area contributed by atoms with Gasteiger partial charge in [0.15, 0.2) is 0 Å². The van der Waals surface area contributed by atoms with E-state index in [1.165, 1.54) is 10.6 Å². The highest BCUT2D eigenvalue weighted by Crippen LogP contribution is 2.18. The lowest BCUT2D eigenvalue weighted by atomic mass is 10.1. The number of halogens is 1. The summed E-state index contributed by atoms with van der Waals surface area (Å²) < 4.78 is 2.32. The van der Waals surface area contributed by atoms with Crippen molar-refractivity contribution in [2.75, 3.05) is 27.2 Å². The van der Waals surface area contributed by atoms with Gasteiger partial charge in [-0.15, -0.1) is 0 Å². The molecule has 1 aromatic heterocycles. The summed E-state index contributed by atoms with van der Waals surface area (Å²) in [6.07, 6.45) is 3.40. The minimum Gasteiger partial charge on any atom is -0.332 e. The van der Waals surface area contributed by atoms with Gasteiger partial charge in [0.05, 0.1) is 0 Å². The van der Waals surface area contributed by atoms with E-state index in [9.17, 15) is 9.59 Å². The molecule has 5 nitrogen and oxygen atoms in total. The summed E-state index contributed by atoms with van der Waals surface area (Å²) in [5.41, 5.74) is 1.94. The summed E-state index contributed by atoms with van der Waals surface area (Å²) in [6, 6.07) is 22.4. The number of benzene rings is 2. The Bertz CT molecular complexity index is 1110. The molecule has 1 amide bonds. The maximum absolute atomic E-state index is 13.8. The number of likely N-dealkylation sites (N-methyl/N-ethyl adjacent to an activating group) is 1. The molecule has 0 fully saturated rings. The van der Waals surface area contributed by atoms with Crippen LogP contribution in [0.25, 0.3) is 11.8 Å². The van der Waals surface area contributed by atoms with Crippen LogP contribution in [0.1, 0.15) is 11.1 Å². The van der Waals surface area contributed by atoms with E-state index in [1.807, 2.05) is 73.6 Å². The van der Waals surface area contributed by atoms with E-state index in [-0.39, 0.29) is 11.5 Å². The largest absolute Gasteiger partial charge is 0.332 e. The Kier molecular flexibility index (Phi) is 7.98. The highest BCUT2D eigenvalue weighted by Gasteiger charge is 2.21. The second kappa shape index (κ2) is 10.9. The predicted molar refractivity (Wildman–Crippen MR) is 129 cm³/mol. The molecule has 0 radical (unpaired) electrons. The average Bonchev–Trinajstić information content (AvgIpc) is 2.76. The molecule has 1 heterocycles. The Balaban J connectivity index is 2.04. The van der Waals surface area contributed by atoms with Crippen LogP contribution >= 0.6 is 15.9 Å². The van der Waals surface area contributed by atoms with E-state index in [1.54, 1.807) is 29.3 Å². The molecule has 0 atom stereocenters. The van der Waals surface area contributed by atoms with Gasteiger partial charge in [-0.1, -0.05) is 64.5 Å². The van der Waals surface area contributed by atoms with E-state index in [4.69, 9.17) is 0 Å². The summed E-state index contributed by atoms with van der Waals surface area (Å²) in [6.45, 7) is 1.72. The molecular formula is C25H26BrN3O2. The summed E-state index contributed by atoms with van der Waals surface area (Å²) in [5, 5.41) is 0. The summed E-state index contributed by atoms with van der Waals surface area (Å²) in [5.74, 6) is -0.195. The van der Waals surface area contributed by atoms with Crippen molar-refractivity contribution >= 4 is 33.6 Å². The Hall–Kier alpha value is -2.96.